The largest absolute Gasteiger partial charge is 0.476 e. The fourth-order valence-electron chi connectivity index (χ4n) is 1.87. The number of hydrogen-bond acceptors (Lipinski definition) is 5. The number of carbonyl (C=O) groups is 1. The van der Waals surface area contributed by atoms with E-state index in [0.717, 1.165) is 0 Å². The van der Waals surface area contributed by atoms with Crippen LogP contribution < -0.4 is 0 Å². The maximum absolute atomic E-state index is 13.7. The van der Waals surface area contributed by atoms with Crippen LogP contribution in [0.15, 0.2) is 41.2 Å². The molecule has 0 unspecified atom stereocenters. The van der Waals surface area contributed by atoms with E-state index in [-0.39, 0.29) is 17.9 Å². The summed E-state index contributed by atoms with van der Waals surface area (Å²) in [5.74, 6) is -1.67. The highest BCUT2D eigenvalue weighted by Gasteiger charge is 2.17. The lowest BCUT2D eigenvalue weighted by Gasteiger charge is -2.05. The Kier molecular flexibility index (Phi) is 3.19. The number of pyridine rings is 1. The molecule has 8 heteroatoms. The summed E-state index contributed by atoms with van der Waals surface area (Å²) in [5, 5.41) is 16.7. The maximum atomic E-state index is 13.7. The highest BCUT2D eigenvalue weighted by atomic mass is 19.1. The van der Waals surface area contributed by atoms with Gasteiger partial charge in [0, 0.05) is 18.3 Å². The molecule has 0 bridgehead atoms. The van der Waals surface area contributed by atoms with E-state index < -0.39 is 11.8 Å². The minimum absolute atomic E-state index is 0.0118. The zero-order valence-corrected chi connectivity index (χ0v) is 10.6. The Labute approximate surface area is 117 Å². The van der Waals surface area contributed by atoms with Crippen molar-refractivity contribution in [3.05, 3.63) is 53.9 Å². The molecule has 106 valence electrons. The van der Waals surface area contributed by atoms with Crippen LogP contribution in [0.3, 0.4) is 0 Å². The molecular formula is C13H9FN4O3. The molecule has 3 aromatic heterocycles. The standard InChI is InChI=1S/C13H9FN4O3/c14-8-2-1-4-15-11(8)7-18-12(9-3-5-21-17-9)6-10(16-18)13(19)20/h1-6H,7H2,(H,19,20). The molecular weight excluding hydrogens is 279 g/mol. The second-order valence-electron chi connectivity index (χ2n) is 4.19. The molecule has 0 aliphatic rings. The van der Waals surface area contributed by atoms with Crippen molar-refractivity contribution >= 4 is 5.97 Å². The van der Waals surface area contributed by atoms with Crippen molar-refractivity contribution in [1.29, 1.82) is 0 Å². The summed E-state index contributed by atoms with van der Waals surface area (Å²) in [6.45, 7) is -0.0118. The van der Waals surface area contributed by atoms with Crippen LogP contribution in [0.2, 0.25) is 0 Å². The van der Waals surface area contributed by atoms with Crippen LogP contribution in [-0.4, -0.2) is 31.0 Å². The number of carboxylic acid groups (broad SMARTS) is 1. The van der Waals surface area contributed by atoms with Gasteiger partial charge in [-0.05, 0) is 12.1 Å². The molecule has 0 radical (unpaired) electrons. The molecule has 21 heavy (non-hydrogen) atoms. The molecule has 0 aromatic carbocycles. The van der Waals surface area contributed by atoms with Gasteiger partial charge in [-0.3, -0.25) is 9.67 Å². The molecule has 0 aliphatic heterocycles. The Morgan fingerprint density at radius 1 is 1.43 bits per heavy atom. The molecule has 7 nitrogen and oxygen atoms in total. The van der Waals surface area contributed by atoms with Gasteiger partial charge in [-0.15, -0.1) is 0 Å². The van der Waals surface area contributed by atoms with Gasteiger partial charge in [-0.25, -0.2) is 9.18 Å². The third-order valence-corrected chi connectivity index (χ3v) is 2.83. The zero-order valence-electron chi connectivity index (χ0n) is 10.6. The first kappa shape index (κ1) is 13.0. The van der Waals surface area contributed by atoms with Crippen molar-refractivity contribution in [2.45, 2.75) is 6.54 Å². The lowest BCUT2D eigenvalue weighted by molar-refractivity contribution is 0.0689. The van der Waals surface area contributed by atoms with Gasteiger partial charge in [-0.1, -0.05) is 5.16 Å². The molecule has 0 atom stereocenters. The lowest BCUT2D eigenvalue weighted by Crippen LogP contribution is -2.08. The SMILES string of the molecule is O=C(O)c1cc(-c2ccon2)n(Cc2ncccc2F)n1. The third kappa shape index (κ3) is 2.50. The first-order chi connectivity index (χ1) is 10.1. The summed E-state index contributed by atoms with van der Waals surface area (Å²) in [5.41, 5.74) is 0.809. The maximum Gasteiger partial charge on any atom is 0.356 e. The fraction of sp³-hybridized carbons (Fsp3) is 0.0769. The second kappa shape index (κ2) is 5.16. The Balaban J connectivity index is 2.05. The zero-order chi connectivity index (χ0) is 14.8. The van der Waals surface area contributed by atoms with Gasteiger partial charge in [0.05, 0.1) is 17.9 Å². The molecule has 3 rings (SSSR count). The van der Waals surface area contributed by atoms with E-state index in [1.54, 1.807) is 6.07 Å². The van der Waals surface area contributed by atoms with E-state index in [4.69, 9.17) is 9.63 Å². The Morgan fingerprint density at radius 3 is 2.95 bits per heavy atom. The van der Waals surface area contributed by atoms with Gasteiger partial charge in [0.15, 0.2) is 5.69 Å². The van der Waals surface area contributed by atoms with Crippen molar-refractivity contribution in [3.63, 3.8) is 0 Å². The topological polar surface area (TPSA) is 94.0 Å². The van der Waals surface area contributed by atoms with Crippen LogP contribution in [0, 0.1) is 5.82 Å². The van der Waals surface area contributed by atoms with Crippen LogP contribution in [-0.2, 0) is 6.54 Å². The fourth-order valence-corrected chi connectivity index (χ4v) is 1.87. The average Bonchev–Trinajstić information content (AvgIpc) is 3.10. The Morgan fingerprint density at radius 2 is 2.29 bits per heavy atom. The number of halogens is 1. The van der Waals surface area contributed by atoms with Gasteiger partial charge in [-0.2, -0.15) is 5.10 Å². The second-order valence-corrected chi connectivity index (χ2v) is 4.19. The number of nitrogens with zero attached hydrogens (tertiary/aromatic N) is 4. The van der Waals surface area contributed by atoms with E-state index in [1.165, 1.54) is 35.3 Å². The van der Waals surface area contributed by atoms with Crippen molar-refractivity contribution in [3.8, 4) is 11.4 Å². The molecule has 3 heterocycles. The molecule has 1 N–H and O–H groups in total. The summed E-state index contributed by atoms with van der Waals surface area (Å²) in [6.07, 6.45) is 2.81. The summed E-state index contributed by atoms with van der Waals surface area (Å²) in [7, 11) is 0. The quantitative estimate of drug-likeness (QED) is 0.787. The monoisotopic (exact) mass is 288 g/mol. The van der Waals surface area contributed by atoms with Crippen LogP contribution >= 0.6 is 0 Å². The average molecular weight is 288 g/mol. The Hall–Kier alpha value is -3.03. The molecule has 0 spiro atoms. The predicted molar refractivity (Wildman–Crippen MR) is 68.0 cm³/mol. The van der Waals surface area contributed by atoms with Gasteiger partial charge >= 0.3 is 5.97 Å². The number of rotatable bonds is 4. The summed E-state index contributed by atoms with van der Waals surface area (Å²) in [4.78, 5) is 15.0. The number of carboxylic acids is 1. The van der Waals surface area contributed by atoms with Crippen molar-refractivity contribution in [2.75, 3.05) is 0 Å². The van der Waals surface area contributed by atoms with Crippen LogP contribution in [0.1, 0.15) is 16.2 Å². The highest BCUT2D eigenvalue weighted by molar-refractivity contribution is 5.86. The summed E-state index contributed by atoms with van der Waals surface area (Å²) in [6, 6.07) is 5.66. The minimum atomic E-state index is -1.18. The van der Waals surface area contributed by atoms with E-state index in [9.17, 15) is 9.18 Å². The van der Waals surface area contributed by atoms with Gasteiger partial charge in [0.2, 0.25) is 0 Å². The first-order valence-electron chi connectivity index (χ1n) is 5.96. The van der Waals surface area contributed by atoms with Gasteiger partial charge < -0.3 is 9.63 Å². The number of aromatic nitrogens is 4. The highest BCUT2D eigenvalue weighted by Crippen LogP contribution is 2.20. The van der Waals surface area contributed by atoms with E-state index >= 15 is 0 Å². The van der Waals surface area contributed by atoms with Crippen molar-refractivity contribution < 1.29 is 18.8 Å². The third-order valence-electron chi connectivity index (χ3n) is 2.83. The molecule has 0 saturated heterocycles. The van der Waals surface area contributed by atoms with Crippen molar-refractivity contribution in [2.24, 2.45) is 0 Å². The van der Waals surface area contributed by atoms with Crippen molar-refractivity contribution in [1.82, 2.24) is 19.9 Å². The lowest BCUT2D eigenvalue weighted by atomic mass is 10.2. The van der Waals surface area contributed by atoms with Gasteiger partial charge in [0.25, 0.3) is 0 Å². The molecule has 3 aromatic rings. The van der Waals surface area contributed by atoms with Crippen LogP contribution in [0.4, 0.5) is 4.39 Å². The smallest absolute Gasteiger partial charge is 0.356 e. The van der Waals surface area contributed by atoms with E-state index in [2.05, 4.69) is 15.2 Å². The molecule has 0 saturated carbocycles. The minimum Gasteiger partial charge on any atom is -0.476 e. The molecule has 0 aliphatic carbocycles. The summed E-state index contributed by atoms with van der Waals surface area (Å²) < 4.78 is 19.7. The molecule has 0 amide bonds. The first-order valence-corrected chi connectivity index (χ1v) is 5.96. The Bertz CT molecular complexity index is 783. The number of hydrogen-bond donors (Lipinski definition) is 1. The number of aromatic carboxylic acids is 1. The molecule has 0 fully saturated rings. The van der Waals surface area contributed by atoms with Crippen LogP contribution in [0.25, 0.3) is 11.4 Å². The van der Waals surface area contributed by atoms with E-state index in [1.807, 2.05) is 0 Å². The van der Waals surface area contributed by atoms with Crippen LogP contribution in [0.5, 0.6) is 0 Å². The predicted octanol–water partition coefficient (Wildman–Crippen LogP) is 1.82. The summed E-state index contributed by atoms with van der Waals surface area (Å²) >= 11 is 0. The van der Waals surface area contributed by atoms with Gasteiger partial charge in [0.1, 0.15) is 17.8 Å². The van der Waals surface area contributed by atoms with E-state index in [0.29, 0.717) is 11.4 Å². The normalized spacial score (nSPS) is 10.7.